The van der Waals surface area contributed by atoms with Crippen molar-refractivity contribution in [2.45, 2.75) is 18.9 Å². The highest BCUT2D eigenvalue weighted by Gasteiger charge is 2.21. The largest absolute Gasteiger partial charge is 0.393 e. The number of amides is 1. The Hall–Kier alpha value is -2.69. The minimum Gasteiger partial charge on any atom is -0.393 e. The molecule has 124 valence electrons. The van der Waals surface area contributed by atoms with E-state index in [9.17, 15) is 15.2 Å². The highest BCUT2D eigenvalue weighted by Crippen LogP contribution is 2.19. The molecule has 0 radical (unpaired) electrons. The van der Waals surface area contributed by atoms with Gasteiger partial charge in [0.1, 0.15) is 11.6 Å². The van der Waals surface area contributed by atoms with Crippen LogP contribution in [0.5, 0.6) is 0 Å². The summed E-state index contributed by atoms with van der Waals surface area (Å²) in [5, 5.41) is 25.8. The normalized spacial score (nSPS) is 15.8. The maximum absolute atomic E-state index is 12.3. The molecule has 0 saturated carbocycles. The van der Waals surface area contributed by atoms with Gasteiger partial charge in [0.2, 0.25) is 5.91 Å². The van der Waals surface area contributed by atoms with E-state index in [-0.39, 0.29) is 18.6 Å². The minimum atomic E-state index is -0.269. The molecule has 2 N–H and O–H groups in total. The van der Waals surface area contributed by atoms with E-state index in [1.54, 1.807) is 4.68 Å². The fourth-order valence-corrected chi connectivity index (χ4v) is 2.77. The zero-order chi connectivity index (χ0) is 16.9. The van der Waals surface area contributed by atoms with E-state index in [1.165, 1.54) is 6.20 Å². The number of benzene rings is 1. The predicted octanol–water partition coefficient (Wildman–Crippen LogP) is 1.14. The molecule has 2 heterocycles. The van der Waals surface area contributed by atoms with Gasteiger partial charge in [0.15, 0.2) is 5.82 Å². The van der Waals surface area contributed by atoms with Gasteiger partial charge in [-0.1, -0.05) is 18.2 Å². The van der Waals surface area contributed by atoms with Gasteiger partial charge in [-0.25, -0.2) is 4.68 Å². The molecule has 1 saturated heterocycles. The number of hydrogen-bond acceptors (Lipinski definition) is 5. The molecule has 1 amide bonds. The highest BCUT2D eigenvalue weighted by atomic mass is 16.3. The van der Waals surface area contributed by atoms with Crippen LogP contribution < -0.4 is 5.32 Å². The number of nitrogens with zero attached hydrogens (tertiary/aromatic N) is 4. The standard InChI is InChI=1S/C17H19N5O2/c18-10-13-11-19-22(14-4-2-1-3-5-14)17(13)20-16(24)12-21-8-6-15(23)7-9-21/h1-5,11,15,23H,6-9,12H2,(H,20,24). The molecule has 24 heavy (non-hydrogen) atoms. The first kappa shape index (κ1) is 16.2. The van der Waals surface area contributed by atoms with Gasteiger partial charge in [-0.15, -0.1) is 0 Å². The van der Waals surface area contributed by atoms with Crippen molar-refractivity contribution in [3.8, 4) is 11.8 Å². The summed E-state index contributed by atoms with van der Waals surface area (Å²) >= 11 is 0. The van der Waals surface area contributed by atoms with Crippen LogP contribution in [0.25, 0.3) is 5.69 Å². The lowest BCUT2D eigenvalue weighted by molar-refractivity contribution is -0.117. The van der Waals surface area contributed by atoms with E-state index in [4.69, 9.17) is 0 Å². The second-order valence-corrected chi connectivity index (χ2v) is 5.82. The average Bonchev–Trinajstić information content (AvgIpc) is 3.00. The van der Waals surface area contributed by atoms with E-state index in [0.717, 1.165) is 5.69 Å². The monoisotopic (exact) mass is 325 g/mol. The fourth-order valence-electron chi connectivity index (χ4n) is 2.77. The number of nitrogens with one attached hydrogen (secondary N) is 1. The number of aliphatic hydroxyl groups excluding tert-OH is 1. The van der Waals surface area contributed by atoms with Crippen molar-refractivity contribution in [2.24, 2.45) is 0 Å². The van der Waals surface area contributed by atoms with Gasteiger partial charge in [-0.3, -0.25) is 9.69 Å². The van der Waals surface area contributed by atoms with E-state index in [0.29, 0.717) is 37.3 Å². The van der Waals surface area contributed by atoms with Crippen LogP contribution in [0.4, 0.5) is 5.82 Å². The van der Waals surface area contributed by atoms with E-state index >= 15 is 0 Å². The van der Waals surface area contributed by atoms with Gasteiger partial charge in [-0.2, -0.15) is 10.4 Å². The van der Waals surface area contributed by atoms with Crippen LogP contribution in [0.3, 0.4) is 0 Å². The molecule has 0 atom stereocenters. The summed E-state index contributed by atoms with van der Waals surface area (Å²) in [4.78, 5) is 14.3. The zero-order valence-electron chi connectivity index (χ0n) is 13.2. The average molecular weight is 325 g/mol. The molecule has 7 nitrogen and oxygen atoms in total. The van der Waals surface area contributed by atoms with Crippen LogP contribution in [-0.4, -0.2) is 51.4 Å². The molecule has 3 rings (SSSR count). The van der Waals surface area contributed by atoms with Gasteiger partial charge in [0.05, 0.1) is 24.5 Å². The van der Waals surface area contributed by atoms with E-state index in [1.807, 2.05) is 35.2 Å². The number of rotatable bonds is 4. The number of hydrogen-bond donors (Lipinski definition) is 2. The summed E-state index contributed by atoms with van der Waals surface area (Å²) < 4.78 is 1.55. The number of anilines is 1. The Balaban J connectivity index is 1.73. The zero-order valence-corrected chi connectivity index (χ0v) is 13.2. The van der Waals surface area contributed by atoms with Crippen LogP contribution in [0.1, 0.15) is 18.4 Å². The number of aliphatic hydroxyl groups is 1. The lowest BCUT2D eigenvalue weighted by Gasteiger charge is -2.28. The van der Waals surface area contributed by atoms with Gasteiger partial charge in [0, 0.05) is 13.1 Å². The van der Waals surface area contributed by atoms with Gasteiger partial charge >= 0.3 is 0 Å². The second-order valence-electron chi connectivity index (χ2n) is 5.82. The smallest absolute Gasteiger partial charge is 0.239 e. The van der Waals surface area contributed by atoms with E-state index < -0.39 is 0 Å². The molecule has 7 heteroatoms. The number of likely N-dealkylation sites (tertiary alicyclic amines) is 1. The van der Waals surface area contributed by atoms with Gasteiger partial charge in [-0.05, 0) is 25.0 Å². The van der Waals surface area contributed by atoms with Crippen molar-refractivity contribution in [1.82, 2.24) is 14.7 Å². The third kappa shape index (κ3) is 3.62. The lowest BCUT2D eigenvalue weighted by atomic mass is 10.1. The van der Waals surface area contributed by atoms with Crippen molar-refractivity contribution in [3.63, 3.8) is 0 Å². The summed E-state index contributed by atoms with van der Waals surface area (Å²) in [6, 6.07) is 11.4. The minimum absolute atomic E-state index is 0.194. The molecular weight excluding hydrogens is 306 g/mol. The summed E-state index contributed by atoms with van der Waals surface area (Å²) in [5.74, 6) is 0.186. The third-order valence-corrected chi connectivity index (χ3v) is 4.07. The first-order chi connectivity index (χ1) is 11.7. The van der Waals surface area contributed by atoms with Gasteiger partial charge < -0.3 is 10.4 Å². The lowest BCUT2D eigenvalue weighted by Crippen LogP contribution is -2.40. The Morgan fingerprint density at radius 2 is 2.04 bits per heavy atom. The number of nitriles is 1. The van der Waals surface area contributed by atoms with Crippen LogP contribution in [-0.2, 0) is 4.79 Å². The molecule has 0 unspecified atom stereocenters. The van der Waals surface area contributed by atoms with Crippen LogP contribution >= 0.6 is 0 Å². The summed E-state index contributed by atoms with van der Waals surface area (Å²) in [5.41, 5.74) is 1.09. The molecule has 1 aromatic heterocycles. The first-order valence-corrected chi connectivity index (χ1v) is 7.91. The molecule has 1 aliphatic heterocycles. The van der Waals surface area contributed by atoms with Crippen LogP contribution in [0.15, 0.2) is 36.5 Å². The molecular formula is C17H19N5O2. The highest BCUT2D eigenvalue weighted by molar-refractivity contribution is 5.92. The Labute approximate surface area is 140 Å². The van der Waals surface area contributed by atoms with Crippen LogP contribution in [0, 0.1) is 11.3 Å². The SMILES string of the molecule is N#Cc1cnn(-c2ccccc2)c1NC(=O)CN1CCC(O)CC1. The first-order valence-electron chi connectivity index (χ1n) is 7.91. The fraction of sp³-hybridized carbons (Fsp3) is 0.353. The van der Waals surface area contributed by atoms with Crippen molar-refractivity contribution >= 4 is 11.7 Å². The Morgan fingerprint density at radius 3 is 2.71 bits per heavy atom. The molecule has 0 bridgehead atoms. The van der Waals surface area contributed by atoms with Crippen molar-refractivity contribution in [3.05, 3.63) is 42.1 Å². The number of carbonyl (C=O) groups excluding carboxylic acids is 1. The number of aromatic nitrogens is 2. The van der Waals surface area contributed by atoms with Crippen molar-refractivity contribution < 1.29 is 9.90 Å². The Morgan fingerprint density at radius 1 is 1.33 bits per heavy atom. The molecule has 1 fully saturated rings. The number of piperidine rings is 1. The molecule has 2 aromatic rings. The maximum Gasteiger partial charge on any atom is 0.239 e. The summed E-state index contributed by atoms with van der Waals surface area (Å²) in [6.45, 7) is 1.62. The Kier molecular flexibility index (Phi) is 4.89. The quantitative estimate of drug-likeness (QED) is 0.879. The molecule has 0 spiro atoms. The number of para-hydroxylation sites is 1. The van der Waals surface area contributed by atoms with Crippen LogP contribution in [0.2, 0.25) is 0 Å². The third-order valence-electron chi connectivity index (χ3n) is 4.07. The van der Waals surface area contributed by atoms with Crippen molar-refractivity contribution in [2.75, 3.05) is 25.0 Å². The topological polar surface area (TPSA) is 94.2 Å². The van der Waals surface area contributed by atoms with E-state index in [2.05, 4.69) is 16.5 Å². The number of carbonyl (C=O) groups is 1. The summed E-state index contributed by atoms with van der Waals surface area (Å²) in [6.07, 6.45) is 2.53. The molecule has 0 aliphatic carbocycles. The second kappa shape index (κ2) is 7.25. The van der Waals surface area contributed by atoms with Crippen molar-refractivity contribution in [1.29, 1.82) is 5.26 Å². The maximum atomic E-state index is 12.3. The Bertz CT molecular complexity index is 742. The molecule has 1 aliphatic rings. The summed E-state index contributed by atoms with van der Waals surface area (Å²) in [7, 11) is 0. The van der Waals surface area contributed by atoms with Gasteiger partial charge in [0.25, 0.3) is 0 Å². The predicted molar refractivity (Wildman–Crippen MR) is 88.6 cm³/mol. The molecule has 1 aromatic carbocycles.